The molecule has 0 spiro atoms. The Morgan fingerprint density at radius 2 is 2.00 bits per heavy atom. The lowest BCUT2D eigenvalue weighted by molar-refractivity contribution is 0.411. The molecule has 14 heavy (non-hydrogen) atoms. The third kappa shape index (κ3) is 1.39. The van der Waals surface area contributed by atoms with Crippen molar-refractivity contribution in [3.63, 3.8) is 0 Å². The van der Waals surface area contributed by atoms with Crippen molar-refractivity contribution in [2.75, 3.05) is 14.2 Å². The van der Waals surface area contributed by atoms with Crippen LogP contribution < -0.4 is 9.47 Å². The number of benzene rings is 2. The third-order valence-corrected chi connectivity index (χ3v) is 2.19. The molecule has 0 atom stereocenters. The molecule has 0 bridgehead atoms. The van der Waals surface area contributed by atoms with Gasteiger partial charge in [0.25, 0.3) is 0 Å². The molecule has 0 saturated heterocycles. The van der Waals surface area contributed by atoms with E-state index in [-0.39, 0.29) is 0 Å². The average Bonchev–Trinajstić information content (AvgIpc) is 2.27. The van der Waals surface area contributed by atoms with Gasteiger partial charge in [-0.25, -0.2) is 0 Å². The molecule has 0 saturated carbocycles. The predicted octanol–water partition coefficient (Wildman–Crippen LogP) is 2.66. The summed E-state index contributed by atoms with van der Waals surface area (Å²) in [5, 5.41) is 2.15. The summed E-state index contributed by atoms with van der Waals surface area (Å²) in [6, 6.07) is 12.8. The second kappa shape index (κ2) is 3.58. The molecule has 71 valence electrons. The fourth-order valence-electron chi connectivity index (χ4n) is 1.46. The number of rotatable bonds is 2. The maximum atomic E-state index is 5.26. The van der Waals surface area contributed by atoms with E-state index in [1.807, 2.05) is 30.3 Å². The van der Waals surface area contributed by atoms with Gasteiger partial charge in [0, 0.05) is 11.5 Å². The van der Waals surface area contributed by atoms with Crippen molar-refractivity contribution in [3.05, 3.63) is 36.4 Å². The van der Waals surface area contributed by atoms with Crippen LogP contribution in [0.1, 0.15) is 0 Å². The van der Waals surface area contributed by atoms with Gasteiger partial charge in [0.2, 0.25) is 0 Å². The lowest BCUT2D eigenvalue weighted by Gasteiger charge is -2.06. The molecule has 0 aromatic heterocycles. The van der Waals surface area contributed by atoms with E-state index in [0.29, 0.717) is 0 Å². The molecular formula is C12H11O2. The number of fused-ring (bicyclic) bond motifs is 1. The largest absolute Gasteiger partial charge is 0.496 e. The first kappa shape index (κ1) is 8.88. The molecule has 2 aromatic rings. The third-order valence-electron chi connectivity index (χ3n) is 2.19. The van der Waals surface area contributed by atoms with E-state index < -0.39 is 0 Å². The van der Waals surface area contributed by atoms with Crippen molar-refractivity contribution in [2.45, 2.75) is 0 Å². The maximum absolute atomic E-state index is 5.26. The number of hydrogen-bond donors (Lipinski definition) is 0. The first-order valence-corrected chi connectivity index (χ1v) is 4.37. The standard InChI is InChI=1S/C12H11O2/c1-13-10-7-6-9-4-3-5-12(14-2)11(9)8-10/h3-6,8H,1-2H3. The molecular weight excluding hydrogens is 176 g/mol. The molecule has 2 aromatic carbocycles. The molecule has 2 rings (SSSR count). The summed E-state index contributed by atoms with van der Waals surface area (Å²) in [6.45, 7) is 0. The van der Waals surface area contributed by atoms with Gasteiger partial charge in [0.15, 0.2) is 0 Å². The van der Waals surface area contributed by atoms with Gasteiger partial charge in [-0.1, -0.05) is 12.1 Å². The van der Waals surface area contributed by atoms with Crippen molar-refractivity contribution in [1.82, 2.24) is 0 Å². The van der Waals surface area contributed by atoms with E-state index in [1.165, 1.54) is 0 Å². The summed E-state index contributed by atoms with van der Waals surface area (Å²) in [6.07, 6.45) is 0. The Bertz CT molecular complexity index is 449. The molecule has 0 amide bonds. The molecule has 0 fully saturated rings. The fraction of sp³-hybridized carbons (Fsp3) is 0.167. The van der Waals surface area contributed by atoms with Crippen LogP contribution in [0.3, 0.4) is 0 Å². The van der Waals surface area contributed by atoms with E-state index >= 15 is 0 Å². The van der Waals surface area contributed by atoms with E-state index in [1.54, 1.807) is 14.2 Å². The first-order valence-electron chi connectivity index (χ1n) is 4.37. The Kier molecular flexibility index (Phi) is 2.27. The molecule has 2 heteroatoms. The zero-order valence-electron chi connectivity index (χ0n) is 8.20. The summed E-state index contributed by atoms with van der Waals surface area (Å²) >= 11 is 0. The van der Waals surface area contributed by atoms with Crippen LogP contribution in [0, 0.1) is 6.07 Å². The lowest BCUT2D eigenvalue weighted by atomic mass is 10.1. The van der Waals surface area contributed by atoms with Crippen molar-refractivity contribution in [2.24, 2.45) is 0 Å². The molecule has 0 unspecified atom stereocenters. The topological polar surface area (TPSA) is 18.5 Å². The highest BCUT2D eigenvalue weighted by Crippen LogP contribution is 2.28. The van der Waals surface area contributed by atoms with Crippen LogP contribution in [0.4, 0.5) is 0 Å². The van der Waals surface area contributed by atoms with Crippen LogP contribution in [-0.2, 0) is 0 Å². The quantitative estimate of drug-likeness (QED) is 0.719. The molecule has 0 aliphatic heterocycles. The van der Waals surface area contributed by atoms with Crippen LogP contribution in [0.15, 0.2) is 30.3 Å². The van der Waals surface area contributed by atoms with Crippen LogP contribution >= 0.6 is 0 Å². The number of hydrogen-bond acceptors (Lipinski definition) is 2. The number of ether oxygens (including phenoxy) is 2. The maximum Gasteiger partial charge on any atom is 0.127 e. The first-order chi connectivity index (χ1) is 6.85. The summed E-state index contributed by atoms with van der Waals surface area (Å²) in [5.41, 5.74) is 0. The predicted molar refractivity (Wildman–Crippen MR) is 55.9 cm³/mol. The molecule has 0 aliphatic rings. The highest BCUT2D eigenvalue weighted by atomic mass is 16.5. The van der Waals surface area contributed by atoms with Crippen molar-refractivity contribution >= 4 is 10.8 Å². The van der Waals surface area contributed by atoms with Gasteiger partial charge in [-0.3, -0.25) is 0 Å². The van der Waals surface area contributed by atoms with Crippen LogP contribution in [0.25, 0.3) is 10.8 Å². The highest BCUT2D eigenvalue weighted by molar-refractivity contribution is 5.89. The van der Waals surface area contributed by atoms with Crippen molar-refractivity contribution < 1.29 is 9.47 Å². The van der Waals surface area contributed by atoms with Gasteiger partial charge in [0.05, 0.1) is 14.2 Å². The summed E-state index contributed by atoms with van der Waals surface area (Å²) < 4.78 is 10.4. The van der Waals surface area contributed by atoms with Gasteiger partial charge >= 0.3 is 0 Å². The van der Waals surface area contributed by atoms with Gasteiger partial charge < -0.3 is 9.47 Å². The van der Waals surface area contributed by atoms with Gasteiger partial charge in [-0.05, 0) is 23.6 Å². The minimum atomic E-state index is 0.724. The Hall–Kier alpha value is -1.70. The summed E-state index contributed by atoms with van der Waals surface area (Å²) in [4.78, 5) is 0. The lowest BCUT2D eigenvalue weighted by Crippen LogP contribution is -1.86. The van der Waals surface area contributed by atoms with E-state index in [9.17, 15) is 0 Å². The van der Waals surface area contributed by atoms with Crippen molar-refractivity contribution in [1.29, 1.82) is 0 Å². The monoisotopic (exact) mass is 187 g/mol. The Morgan fingerprint density at radius 3 is 2.71 bits per heavy atom. The van der Waals surface area contributed by atoms with Gasteiger partial charge in [0.1, 0.15) is 11.5 Å². The number of methoxy groups -OCH3 is 2. The zero-order chi connectivity index (χ0) is 9.97. The van der Waals surface area contributed by atoms with E-state index in [0.717, 1.165) is 22.3 Å². The molecule has 0 heterocycles. The summed E-state index contributed by atoms with van der Waals surface area (Å²) in [5.74, 6) is 1.58. The fourth-order valence-corrected chi connectivity index (χ4v) is 1.46. The molecule has 1 radical (unpaired) electrons. The minimum absolute atomic E-state index is 0.724. The smallest absolute Gasteiger partial charge is 0.127 e. The molecule has 0 N–H and O–H groups in total. The van der Waals surface area contributed by atoms with Gasteiger partial charge in [-0.2, -0.15) is 0 Å². The molecule has 0 aliphatic carbocycles. The Balaban J connectivity index is 2.70. The highest BCUT2D eigenvalue weighted by Gasteiger charge is 2.01. The van der Waals surface area contributed by atoms with Crippen LogP contribution in [0.2, 0.25) is 0 Å². The summed E-state index contributed by atoms with van der Waals surface area (Å²) in [7, 11) is 3.30. The SMILES string of the molecule is COc1[c]cc2cccc(OC)c2c1. The van der Waals surface area contributed by atoms with E-state index in [4.69, 9.17) is 9.47 Å². The average molecular weight is 187 g/mol. The Morgan fingerprint density at radius 1 is 1.14 bits per heavy atom. The second-order valence-corrected chi connectivity index (χ2v) is 2.96. The normalized spacial score (nSPS) is 10.1. The zero-order valence-corrected chi connectivity index (χ0v) is 8.20. The van der Waals surface area contributed by atoms with Crippen LogP contribution in [-0.4, -0.2) is 14.2 Å². The minimum Gasteiger partial charge on any atom is -0.496 e. The Labute approximate surface area is 83.1 Å². The van der Waals surface area contributed by atoms with Gasteiger partial charge in [-0.15, -0.1) is 0 Å². The second-order valence-electron chi connectivity index (χ2n) is 2.96. The van der Waals surface area contributed by atoms with Crippen molar-refractivity contribution in [3.8, 4) is 11.5 Å². The van der Waals surface area contributed by atoms with Crippen LogP contribution in [0.5, 0.6) is 11.5 Å². The molecule has 2 nitrogen and oxygen atoms in total. The van der Waals surface area contributed by atoms with E-state index in [2.05, 4.69) is 6.07 Å².